The Morgan fingerprint density at radius 1 is 1.05 bits per heavy atom. The molecule has 0 saturated heterocycles. The first kappa shape index (κ1) is 15.1. The second-order valence-corrected chi connectivity index (χ2v) is 9.11. The van der Waals surface area contributed by atoms with E-state index < -0.39 is 11.6 Å². The third kappa shape index (κ3) is 1.84. The summed E-state index contributed by atoms with van der Waals surface area (Å²) in [4.78, 5) is 12.3. The standard InChI is InChI=1S/C19H29FO2/c1-18-7-5-12(21)9-11(18)3-4-13-14(18)6-8-19(2)15(13)10-16(20)17(19)22/h11-16,21H,3-10H2,1-2H3/t11?,12?,13-,14+,15+,16+,18+,19+/m1/s1. The zero-order valence-corrected chi connectivity index (χ0v) is 13.9. The summed E-state index contributed by atoms with van der Waals surface area (Å²) in [5.41, 5.74) is -0.0844. The minimum Gasteiger partial charge on any atom is -0.393 e. The summed E-state index contributed by atoms with van der Waals surface area (Å²) in [7, 11) is 0. The van der Waals surface area contributed by atoms with Crippen LogP contribution in [-0.2, 0) is 4.79 Å². The van der Waals surface area contributed by atoms with Crippen molar-refractivity contribution in [1.29, 1.82) is 0 Å². The van der Waals surface area contributed by atoms with Crippen LogP contribution in [0.5, 0.6) is 0 Å². The van der Waals surface area contributed by atoms with Crippen molar-refractivity contribution in [2.24, 2.45) is 34.5 Å². The van der Waals surface area contributed by atoms with Gasteiger partial charge in [0, 0.05) is 5.41 Å². The van der Waals surface area contributed by atoms with E-state index in [1.54, 1.807) is 0 Å². The van der Waals surface area contributed by atoms with Gasteiger partial charge in [0.15, 0.2) is 12.0 Å². The maximum absolute atomic E-state index is 14.1. The van der Waals surface area contributed by atoms with Gasteiger partial charge in [0.1, 0.15) is 0 Å². The van der Waals surface area contributed by atoms with Crippen molar-refractivity contribution in [2.75, 3.05) is 0 Å². The van der Waals surface area contributed by atoms with Crippen LogP contribution in [0.1, 0.15) is 65.2 Å². The van der Waals surface area contributed by atoms with Crippen molar-refractivity contribution in [3.05, 3.63) is 0 Å². The molecule has 0 aliphatic heterocycles. The van der Waals surface area contributed by atoms with E-state index >= 15 is 0 Å². The molecule has 0 spiro atoms. The fourth-order valence-electron chi connectivity index (χ4n) is 6.98. The van der Waals surface area contributed by atoms with E-state index in [4.69, 9.17) is 0 Å². The molecule has 4 fully saturated rings. The minimum absolute atomic E-state index is 0.109. The van der Waals surface area contributed by atoms with Gasteiger partial charge >= 0.3 is 0 Å². The number of halogens is 1. The first-order chi connectivity index (χ1) is 10.4. The second-order valence-electron chi connectivity index (χ2n) is 9.11. The monoisotopic (exact) mass is 308 g/mol. The van der Waals surface area contributed by atoms with Crippen LogP contribution in [0.2, 0.25) is 0 Å². The lowest BCUT2D eigenvalue weighted by molar-refractivity contribution is -0.143. The van der Waals surface area contributed by atoms with Crippen molar-refractivity contribution in [1.82, 2.24) is 0 Å². The Morgan fingerprint density at radius 2 is 1.82 bits per heavy atom. The Labute approximate surface area is 132 Å². The number of alkyl halides is 1. The van der Waals surface area contributed by atoms with Crippen molar-refractivity contribution in [3.63, 3.8) is 0 Å². The normalized spacial score (nSPS) is 57.9. The molecular weight excluding hydrogens is 279 g/mol. The Kier molecular flexibility index (Phi) is 3.28. The van der Waals surface area contributed by atoms with Crippen LogP contribution in [0, 0.1) is 34.5 Å². The fraction of sp³-hybridized carbons (Fsp3) is 0.947. The second kappa shape index (κ2) is 4.78. The molecule has 0 bridgehead atoms. The number of aliphatic hydroxyl groups excluding tert-OH is 1. The lowest BCUT2D eigenvalue weighted by atomic mass is 9.45. The van der Waals surface area contributed by atoms with Gasteiger partial charge in [0.2, 0.25) is 0 Å². The van der Waals surface area contributed by atoms with Gasteiger partial charge in [-0.3, -0.25) is 4.79 Å². The number of carbonyl (C=O) groups excluding carboxylic acids is 1. The highest BCUT2D eigenvalue weighted by molar-refractivity contribution is 5.91. The summed E-state index contributed by atoms with van der Waals surface area (Å²) < 4.78 is 14.1. The third-order valence-corrected chi connectivity index (χ3v) is 8.34. The van der Waals surface area contributed by atoms with Crippen LogP contribution >= 0.6 is 0 Å². The maximum Gasteiger partial charge on any atom is 0.173 e. The van der Waals surface area contributed by atoms with Gasteiger partial charge in [0.05, 0.1) is 6.10 Å². The zero-order chi connectivity index (χ0) is 15.7. The summed E-state index contributed by atoms with van der Waals surface area (Å²) in [6.45, 7) is 4.46. The highest BCUT2D eigenvalue weighted by atomic mass is 19.1. The first-order valence-electron chi connectivity index (χ1n) is 9.23. The molecule has 0 heterocycles. The lowest BCUT2D eigenvalue weighted by Gasteiger charge is -2.59. The number of ketones is 1. The van der Waals surface area contributed by atoms with Crippen LogP contribution < -0.4 is 0 Å². The number of hydrogen-bond donors (Lipinski definition) is 1. The van der Waals surface area contributed by atoms with Crippen LogP contribution in [0.4, 0.5) is 4.39 Å². The van der Waals surface area contributed by atoms with Gasteiger partial charge in [-0.2, -0.15) is 0 Å². The fourth-order valence-corrected chi connectivity index (χ4v) is 6.98. The van der Waals surface area contributed by atoms with E-state index in [2.05, 4.69) is 6.92 Å². The van der Waals surface area contributed by atoms with Gasteiger partial charge in [0.25, 0.3) is 0 Å². The van der Waals surface area contributed by atoms with Gasteiger partial charge in [-0.05, 0) is 80.5 Å². The molecule has 0 aromatic carbocycles. The van der Waals surface area contributed by atoms with Crippen LogP contribution in [-0.4, -0.2) is 23.2 Å². The Morgan fingerprint density at radius 3 is 2.59 bits per heavy atom. The topological polar surface area (TPSA) is 37.3 Å². The van der Waals surface area contributed by atoms with Crippen molar-refractivity contribution in [2.45, 2.75) is 77.5 Å². The molecule has 0 radical (unpaired) electrons. The number of aliphatic hydroxyl groups is 1. The maximum atomic E-state index is 14.1. The molecule has 0 aromatic heterocycles. The van der Waals surface area contributed by atoms with E-state index in [0.717, 1.165) is 44.9 Å². The number of fused-ring (bicyclic) bond motifs is 5. The predicted octanol–water partition coefficient (Wildman–Crippen LogP) is 3.91. The lowest BCUT2D eigenvalue weighted by Crippen LogP contribution is -2.54. The average Bonchev–Trinajstić information content (AvgIpc) is 2.72. The van der Waals surface area contributed by atoms with E-state index in [-0.39, 0.29) is 17.8 Å². The van der Waals surface area contributed by atoms with Gasteiger partial charge < -0.3 is 5.11 Å². The van der Waals surface area contributed by atoms with Crippen molar-refractivity contribution in [3.8, 4) is 0 Å². The quantitative estimate of drug-likeness (QED) is 0.737. The number of Topliss-reactive ketones (excluding diaryl/α,β-unsaturated/α-hetero) is 1. The van der Waals surface area contributed by atoms with Gasteiger partial charge in [-0.1, -0.05) is 13.8 Å². The summed E-state index contributed by atoms with van der Waals surface area (Å²) in [6, 6.07) is 0. The smallest absolute Gasteiger partial charge is 0.173 e. The van der Waals surface area contributed by atoms with E-state index in [1.807, 2.05) is 6.92 Å². The molecule has 4 rings (SSSR count). The molecule has 4 saturated carbocycles. The number of carbonyl (C=O) groups is 1. The molecule has 3 heteroatoms. The van der Waals surface area contributed by atoms with Gasteiger partial charge in [-0.25, -0.2) is 4.39 Å². The highest BCUT2D eigenvalue weighted by Gasteiger charge is 2.62. The SMILES string of the molecule is C[C@]12CCC(O)CC1CC[C@@H]1[C@@H]2CC[C@]2(C)C(=O)[C@@H](F)C[C@@H]12. The molecule has 0 aromatic rings. The van der Waals surface area contributed by atoms with Gasteiger partial charge in [-0.15, -0.1) is 0 Å². The summed E-state index contributed by atoms with van der Waals surface area (Å²) >= 11 is 0. The first-order valence-corrected chi connectivity index (χ1v) is 9.23. The Hall–Kier alpha value is -0.440. The molecule has 0 amide bonds. The van der Waals surface area contributed by atoms with Crippen molar-refractivity contribution >= 4 is 5.78 Å². The van der Waals surface area contributed by atoms with Crippen LogP contribution in [0.15, 0.2) is 0 Å². The summed E-state index contributed by atoms with van der Waals surface area (Å²) in [5.74, 6) is 1.94. The van der Waals surface area contributed by atoms with Crippen LogP contribution in [0.3, 0.4) is 0 Å². The predicted molar refractivity (Wildman–Crippen MR) is 83.0 cm³/mol. The minimum atomic E-state index is -1.22. The average molecular weight is 308 g/mol. The molecule has 22 heavy (non-hydrogen) atoms. The van der Waals surface area contributed by atoms with E-state index in [0.29, 0.717) is 29.6 Å². The van der Waals surface area contributed by atoms with Crippen molar-refractivity contribution < 1.29 is 14.3 Å². The Balaban J connectivity index is 1.64. The number of hydrogen-bond acceptors (Lipinski definition) is 2. The molecule has 8 atom stereocenters. The highest BCUT2D eigenvalue weighted by Crippen LogP contribution is 2.65. The largest absolute Gasteiger partial charge is 0.393 e. The van der Waals surface area contributed by atoms with E-state index in [1.165, 1.54) is 0 Å². The zero-order valence-electron chi connectivity index (χ0n) is 13.9. The molecule has 1 N–H and O–H groups in total. The molecular formula is C19H29FO2. The molecule has 4 aliphatic carbocycles. The summed E-state index contributed by atoms with van der Waals surface area (Å²) in [6.07, 6.45) is 6.37. The molecule has 2 unspecified atom stereocenters. The molecule has 2 nitrogen and oxygen atoms in total. The third-order valence-electron chi connectivity index (χ3n) is 8.34. The van der Waals surface area contributed by atoms with E-state index in [9.17, 15) is 14.3 Å². The Bertz CT molecular complexity index is 492. The number of rotatable bonds is 0. The molecule has 4 aliphatic rings. The molecule has 124 valence electrons. The summed E-state index contributed by atoms with van der Waals surface area (Å²) in [5, 5.41) is 10.0. The van der Waals surface area contributed by atoms with Crippen LogP contribution in [0.25, 0.3) is 0 Å².